The van der Waals surface area contributed by atoms with Crippen LogP contribution in [-0.4, -0.2) is 64.5 Å². The molecule has 0 amide bonds. The molecule has 5 rings (SSSR count). The molecule has 2 N–H and O–H groups in total. The second-order valence-electron chi connectivity index (χ2n) is 11.3. The van der Waals surface area contributed by atoms with E-state index in [2.05, 4.69) is 4.98 Å². The van der Waals surface area contributed by atoms with Crippen LogP contribution in [-0.2, 0) is 6.42 Å². The molecule has 0 saturated carbocycles. The fourth-order valence-electron chi connectivity index (χ4n) is 6.08. The highest BCUT2D eigenvalue weighted by Crippen LogP contribution is 2.44. The number of likely N-dealkylation sites (tertiary alicyclic amines) is 1. The number of nitrogens with one attached hydrogen (secondary N) is 1. The van der Waals surface area contributed by atoms with E-state index in [0.29, 0.717) is 38.2 Å². The maximum Gasteiger partial charge on any atom is 0.131 e. The lowest BCUT2D eigenvalue weighted by Gasteiger charge is -2.43. The number of nitrogens with zero attached hydrogens (tertiary/aromatic N) is 2. The van der Waals surface area contributed by atoms with Crippen LogP contribution in [0.3, 0.4) is 0 Å². The number of hydrogen-bond donors (Lipinski definition) is 2. The lowest BCUT2D eigenvalue weighted by molar-refractivity contribution is -0.00641. The van der Waals surface area contributed by atoms with Crippen LogP contribution in [0, 0.1) is 17.6 Å². The van der Waals surface area contributed by atoms with Crippen LogP contribution in [0.4, 0.5) is 17.6 Å². The third kappa shape index (κ3) is 5.03. The zero-order valence-corrected chi connectivity index (χ0v) is 21.6. The minimum atomic E-state index is -1.57. The maximum absolute atomic E-state index is 15.8. The van der Waals surface area contributed by atoms with E-state index in [4.69, 9.17) is 0 Å². The van der Waals surface area contributed by atoms with E-state index in [-0.39, 0.29) is 29.6 Å². The number of aromatic nitrogens is 1. The fraction of sp³-hybridized carbons (Fsp3) is 0.517. The van der Waals surface area contributed by atoms with Crippen LogP contribution < -0.4 is 0 Å². The highest BCUT2D eigenvalue weighted by atomic mass is 19.1. The van der Waals surface area contributed by atoms with E-state index in [1.54, 1.807) is 0 Å². The topological polar surface area (TPSA) is 42.5 Å². The van der Waals surface area contributed by atoms with E-state index in [9.17, 15) is 13.9 Å². The predicted molar refractivity (Wildman–Crippen MR) is 137 cm³/mol. The molecule has 0 aliphatic carbocycles. The van der Waals surface area contributed by atoms with Gasteiger partial charge in [0.25, 0.3) is 0 Å². The van der Waals surface area contributed by atoms with Gasteiger partial charge >= 0.3 is 0 Å². The zero-order valence-electron chi connectivity index (χ0n) is 21.6. The predicted octanol–water partition coefficient (Wildman–Crippen LogP) is 5.86. The first-order valence-electron chi connectivity index (χ1n) is 13.1. The number of H-pyrrole nitrogens is 1. The average Bonchev–Trinajstić information content (AvgIpc) is 3.16. The van der Waals surface area contributed by atoms with Crippen LogP contribution in [0.25, 0.3) is 10.9 Å². The number of hydrogen-bond acceptors (Lipinski definition) is 3. The molecule has 2 aliphatic rings. The molecular formula is C29H35F4N3O. The van der Waals surface area contributed by atoms with Crippen molar-refractivity contribution >= 4 is 10.9 Å². The van der Waals surface area contributed by atoms with Crippen molar-refractivity contribution in [3.05, 3.63) is 70.4 Å². The third-order valence-corrected chi connectivity index (χ3v) is 7.83. The monoisotopic (exact) mass is 517 g/mol. The summed E-state index contributed by atoms with van der Waals surface area (Å²) in [5, 5.41) is 11.8. The molecule has 3 aromatic rings. The van der Waals surface area contributed by atoms with Gasteiger partial charge in [0.2, 0.25) is 0 Å². The van der Waals surface area contributed by atoms with Crippen molar-refractivity contribution in [2.75, 3.05) is 32.9 Å². The molecule has 8 heteroatoms. The largest absolute Gasteiger partial charge is 0.388 e. The Kier molecular flexibility index (Phi) is 7.11. The second kappa shape index (κ2) is 10.0. The van der Waals surface area contributed by atoms with Gasteiger partial charge < -0.3 is 15.0 Å². The fourth-order valence-corrected chi connectivity index (χ4v) is 6.08. The molecule has 3 heterocycles. The van der Waals surface area contributed by atoms with E-state index in [0.717, 1.165) is 16.5 Å². The molecule has 37 heavy (non-hydrogen) atoms. The summed E-state index contributed by atoms with van der Waals surface area (Å²) in [5.41, 5.74) is 1.02. The molecule has 2 aliphatic heterocycles. The summed E-state index contributed by atoms with van der Waals surface area (Å²) in [5.74, 6) is -1.68. The summed E-state index contributed by atoms with van der Waals surface area (Å²) in [6, 6.07) is 9.20. The molecule has 1 fully saturated rings. The van der Waals surface area contributed by atoms with Crippen LogP contribution in [0.1, 0.15) is 61.7 Å². The van der Waals surface area contributed by atoms with Crippen molar-refractivity contribution in [3.8, 4) is 0 Å². The number of benzene rings is 2. The molecule has 200 valence electrons. The maximum atomic E-state index is 15.8. The number of alkyl halides is 2. The quantitative estimate of drug-likeness (QED) is 0.368. The Morgan fingerprint density at radius 3 is 2.46 bits per heavy atom. The lowest BCUT2D eigenvalue weighted by atomic mass is 9.85. The van der Waals surface area contributed by atoms with Crippen LogP contribution in [0.2, 0.25) is 0 Å². The normalized spacial score (nSPS) is 22.3. The van der Waals surface area contributed by atoms with E-state index < -0.39 is 36.1 Å². The Labute approximate surface area is 215 Å². The smallest absolute Gasteiger partial charge is 0.131 e. The Hall–Kier alpha value is -2.42. The molecule has 1 aromatic heterocycles. The Balaban J connectivity index is 1.52. The van der Waals surface area contributed by atoms with Gasteiger partial charge in [-0.3, -0.25) is 9.29 Å². The molecular weight excluding hydrogens is 482 g/mol. The summed E-state index contributed by atoms with van der Waals surface area (Å²) in [7, 11) is 0. The van der Waals surface area contributed by atoms with Gasteiger partial charge in [0, 0.05) is 60.3 Å². The highest BCUT2D eigenvalue weighted by molar-refractivity contribution is 5.85. The summed E-state index contributed by atoms with van der Waals surface area (Å²) in [6.07, 6.45) is 0.0455. The van der Waals surface area contributed by atoms with Crippen molar-refractivity contribution in [1.29, 1.82) is 0 Å². The first-order chi connectivity index (χ1) is 17.6. The standard InChI is InChI=1S/C29H35F4N3O/c1-17-11-21-20-7-4-5-8-24(20)34-26(21)27(36(17)16-29(2,3)33)25-22(31)12-18(13-23(25)32)28(37)19-14-35(15-19)10-6-9-30/h4-5,7-8,12-13,17,19,27-28,34,37H,6,9-11,14-16H2,1-3H3/t17-,27-,28+/m1/s1. The van der Waals surface area contributed by atoms with Gasteiger partial charge in [-0.25, -0.2) is 13.2 Å². The molecule has 2 aromatic carbocycles. The number of aliphatic hydroxyl groups excluding tert-OH is 1. The van der Waals surface area contributed by atoms with Crippen LogP contribution >= 0.6 is 0 Å². The van der Waals surface area contributed by atoms with Crippen molar-refractivity contribution in [2.24, 2.45) is 5.92 Å². The zero-order chi connectivity index (χ0) is 26.5. The number of para-hydroxylation sites is 1. The van der Waals surface area contributed by atoms with E-state index >= 15 is 8.78 Å². The first kappa shape index (κ1) is 26.2. The molecule has 0 radical (unpaired) electrons. The van der Waals surface area contributed by atoms with Crippen molar-refractivity contribution < 1.29 is 22.7 Å². The Morgan fingerprint density at radius 2 is 1.81 bits per heavy atom. The Morgan fingerprint density at radius 1 is 1.14 bits per heavy atom. The van der Waals surface area contributed by atoms with Crippen molar-refractivity contribution in [3.63, 3.8) is 0 Å². The molecule has 1 saturated heterocycles. The molecule has 0 unspecified atom stereocenters. The van der Waals surface area contributed by atoms with Gasteiger partial charge in [0.1, 0.15) is 17.3 Å². The number of aromatic amines is 1. The van der Waals surface area contributed by atoms with Gasteiger partial charge in [-0.1, -0.05) is 18.2 Å². The lowest BCUT2D eigenvalue weighted by Crippen LogP contribution is -2.49. The second-order valence-corrected chi connectivity index (χ2v) is 11.3. The van der Waals surface area contributed by atoms with Crippen LogP contribution in [0.5, 0.6) is 0 Å². The third-order valence-electron chi connectivity index (χ3n) is 7.83. The van der Waals surface area contributed by atoms with Gasteiger partial charge in [-0.15, -0.1) is 0 Å². The summed E-state index contributed by atoms with van der Waals surface area (Å²) in [4.78, 5) is 7.23. The molecule has 3 atom stereocenters. The van der Waals surface area contributed by atoms with Crippen LogP contribution in [0.15, 0.2) is 36.4 Å². The minimum Gasteiger partial charge on any atom is -0.388 e. The summed E-state index contributed by atoms with van der Waals surface area (Å²) >= 11 is 0. The van der Waals surface area contributed by atoms with Gasteiger partial charge in [-0.05, 0) is 62.9 Å². The van der Waals surface area contributed by atoms with E-state index in [1.807, 2.05) is 41.0 Å². The van der Waals surface area contributed by atoms with Gasteiger partial charge in [0.15, 0.2) is 0 Å². The number of aliphatic hydroxyl groups is 1. The van der Waals surface area contributed by atoms with Gasteiger partial charge in [0.05, 0.1) is 18.8 Å². The Bertz CT molecular complexity index is 1240. The number of halogens is 4. The molecule has 0 bridgehead atoms. The summed E-state index contributed by atoms with van der Waals surface area (Å²) < 4.78 is 59.0. The minimum absolute atomic E-state index is 0.00762. The SMILES string of the molecule is C[C@@H]1Cc2c([nH]c3ccccc23)[C@@H](c2c(F)cc([C@H](O)C3CN(CCCF)C3)cc2F)N1CC(C)(C)F. The van der Waals surface area contributed by atoms with Crippen molar-refractivity contribution in [2.45, 2.75) is 57.5 Å². The van der Waals surface area contributed by atoms with E-state index in [1.165, 1.54) is 26.0 Å². The van der Waals surface area contributed by atoms with Crippen molar-refractivity contribution in [1.82, 2.24) is 14.8 Å². The first-order valence-corrected chi connectivity index (χ1v) is 13.1. The summed E-state index contributed by atoms with van der Waals surface area (Å²) in [6.45, 7) is 6.24. The average molecular weight is 518 g/mol. The number of rotatable bonds is 8. The highest BCUT2D eigenvalue weighted by Gasteiger charge is 2.41. The number of fused-ring (bicyclic) bond motifs is 3. The van der Waals surface area contributed by atoms with Gasteiger partial charge in [-0.2, -0.15) is 0 Å². The molecule has 0 spiro atoms. The molecule has 4 nitrogen and oxygen atoms in total.